The molecule has 0 bridgehead atoms. The summed E-state index contributed by atoms with van der Waals surface area (Å²) in [6, 6.07) is 10.3. The maximum Gasteiger partial charge on any atom is 0.244 e. The zero-order valence-electron chi connectivity index (χ0n) is 11.5. The largest absolute Gasteiger partial charge is 0.387 e. The molecule has 1 atom stereocenters. The Morgan fingerprint density at radius 1 is 1.27 bits per heavy atom. The van der Waals surface area contributed by atoms with Gasteiger partial charge < -0.3 is 10.4 Å². The van der Waals surface area contributed by atoms with Gasteiger partial charge in [0.05, 0.1) is 6.10 Å². The zero-order chi connectivity index (χ0) is 15.9. The van der Waals surface area contributed by atoms with Crippen LogP contribution in [0.4, 0.5) is 0 Å². The monoisotopic (exact) mass is 336 g/mol. The fraction of sp³-hybridized carbons (Fsp3) is 0.125. The molecule has 0 aliphatic heterocycles. The quantitative estimate of drug-likeness (QED) is 0.650. The van der Waals surface area contributed by atoms with Crippen molar-refractivity contribution < 1.29 is 9.90 Å². The highest BCUT2D eigenvalue weighted by molar-refractivity contribution is 6.31. The van der Waals surface area contributed by atoms with Crippen LogP contribution in [0.2, 0.25) is 10.2 Å². The van der Waals surface area contributed by atoms with Gasteiger partial charge in [0.2, 0.25) is 5.91 Å². The first kappa shape index (κ1) is 16.5. The molecule has 4 nitrogen and oxygen atoms in total. The van der Waals surface area contributed by atoms with Crippen LogP contribution in [0, 0.1) is 0 Å². The van der Waals surface area contributed by atoms with Crippen molar-refractivity contribution in [3.63, 3.8) is 0 Å². The number of nitrogens with one attached hydrogen (secondary N) is 1. The van der Waals surface area contributed by atoms with E-state index in [1.165, 1.54) is 6.08 Å². The fourth-order valence-corrected chi connectivity index (χ4v) is 2.14. The van der Waals surface area contributed by atoms with Crippen molar-refractivity contribution in [2.45, 2.75) is 6.10 Å². The summed E-state index contributed by atoms with van der Waals surface area (Å²) in [5.41, 5.74) is 1.33. The zero-order valence-corrected chi connectivity index (χ0v) is 13.1. The van der Waals surface area contributed by atoms with Crippen molar-refractivity contribution in [1.82, 2.24) is 10.3 Å². The number of aliphatic hydroxyl groups excluding tert-OH is 1. The Balaban J connectivity index is 1.87. The lowest BCUT2D eigenvalue weighted by Crippen LogP contribution is -2.26. The maximum absolute atomic E-state index is 11.7. The number of aromatic nitrogens is 1. The number of carbonyl (C=O) groups is 1. The van der Waals surface area contributed by atoms with Crippen molar-refractivity contribution >= 4 is 35.2 Å². The van der Waals surface area contributed by atoms with Gasteiger partial charge in [-0.2, -0.15) is 0 Å². The number of pyridine rings is 1. The minimum atomic E-state index is -0.858. The molecule has 1 aromatic heterocycles. The molecule has 1 aromatic carbocycles. The molecule has 0 aliphatic rings. The fourth-order valence-electron chi connectivity index (χ4n) is 1.77. The summed E-state index contributed by atoms with van der Waals surface area (Å²) in [4.78, 5) is 15.6. The van der Waals surface area contributed by atoms with Crippen LogP contribution in [0.3, 0.4) is 0 Å². The number of amides is 1. The van der Waals surface area contributed by atoms with Crippen molar-refractivity contribution in [2.24, 2.45) is 0 Å². The predicted molar refractivity (Wildman–Crippen MR) is 87.7 cm³/mol. The van der Waals surface area contributed by atoms with E-state index < -0.39 is 6.10 Å². The summed E-state index contributed by atoms with van der Waals surface area (Å²) in [7, 11) is 0. The second-order valence-electron chi connectivity index (χ2n) is 4.53. The second-order valence-corrected chi connectivity index (χ2v) is 5.32. The van der Waals surface area contributed by atoms with Crippen molar-refractivity contribution in [3.05, 3.63) is 70.0 Å². The Morgan fingerprint density at radius 2 is 2.05 bits per heavy atom. The SMILES string of the molecule is O=C(/C=C/c1ccc(Cl)nc1)NCC(O)c1ccccc1Cl. The highest BCUT2D eigenvalue weighted by Gasteiger charge is 2.11. The average Bonchev–Trinajstić information content (AvgIpc) is 2.52. The Morgan fingerprint density at radius 3 is 2.73 bits per heavy atom. The van der Waals surface area contributed by atoms with E-state index in [0.717, 1.165) is 5.56 Å². The highest BCUT2D eigenvalue weighted by Crippen LogP contribution is 2.21. The van der Waals surface area contributed by atoms with E-state index in [0.29, 0.717) is 15.7 Å². The first-order valence-corrected chi connectivity index (χ1v) is 7.32. The van der Waals surface area contributed by atoms with Crippen LogP contribution in [0.1, 0.15) is 17.2 Å². The van der Waals surface area contributed by atoms with Gasteiger partial charge in [0.25, 0.3) is 0 Å². The molecule has 0 saturated carbocycles. The van der Waals surface area contributed by atoms with Crippen LogP contribution >= 0.6 is 23.2 Å². The number of hydrogen-bond donors (Lipinski definition) is 2. The number of rotatable bonds is 5. The van der Waals surface area contributed by atoms with Gasteiger partial charge >= 0.3 is 0 Å². The van der Waals surface area contributed by atoms with Gasteiger partial charge in [-0.05, 0) is 23.8 Å². The predicted octanol–water partition coefficient (Wildman–Crippen LogP) is 3.25. The van der Waals surface area contributed by atoms with Crippen LogP contribution in [-0.2, 0) is 4.79 Å². The lowest BCUT2D eigenvalue weighted by molar-refractivity contribution is -0.116. The molecule has 0 radical (unpaired) electrons. The molecule has 0 fully saturated rings. The number of hydrogen-bond acceptors (Lipinski definition) is 3. The molecule has 1 unspecified atom stereocenters. The Kier molecular flexibility index (Phi) is 5.95. The van der Waals surface area contributed by atoms with Gasteiger partial charge in [0.1, 0.15) is 5.15 Å². The molecule has 6 heteroatoms. The van der Waals surface area contributed by atoms with E-state index >= 15 is 0 Å². The molecule has 2 rings (SSSR count). The first-order valence-electron chi connectivity index (χ1n) is 6.56. The van der Waals surface area contributed by atoms with Crippen LogP contribution in [0.5, 0.6) is 0 Å². The average molecular weight is 337 g/mol. The normalized spacial score (nSPS) is 12.3. The summed E-state index contributed by atoms with van der Waals surface area (Å²) in [6.07, 6.45) is 3.68. The van der Waals surface area contributed by atoms with Gasteiger partial charge in [0.15, 0.2) is 0 Å². The van der Waals surface area contributed by atoms with Crippen LogP contribution in [0.15, 0.2) is 48.7 Å². The third-order valence-electron chi connectivity index (χ3n) is 2.91. The Labute approximate surface area is 138 Å². The lowest BCUT2D eigenvalue weighted by atomic mass is 10.1. The molecule has 2 aromatic rings. The number of carbonyl (C=O) groups excluding carboxylic acids is 1. The standard InChI is InChI=1S/C16H14Cl2N2O2/c17-13-4-2-1-3-12(13)14(21)10-20-16(22)8-6-11-5-7-15(18)19-9-11/h1-9,14,21H,10H2,(H,20,22)/b8-6+. The topological polar surface area (TPSA) is 62.2 Å². The Bertz CT molecular complexity index is 672. The van der Waals surface area contributed by atoms with Crippen molar-refractivity contribution in [3.8, 4) is 0 Å². The van der Waals surface area contributed by atoms with Crippen LogP contribution < -0.4 is 5.32 Å². The number of benzene rings is 1. The molecule has 114 valence electrons. The van der Waals surface area contributed by atoms with E-state index in [4.69, 9.17) is 23.2 Å². The Hall–Kier alpha value is -1.88. The van der Waals surface area contributed by atoms with E-state index in [9.17, 15) is 9.90 Å². The molecular weight excluding hydrogens is 323 g/mol. The van der Waals surface area contributed by atoms with Crippen molar-refractivity contribution in [1.29, 1.82) is 0 Å². The minimum absolute atomic E-state index is 0.0752. The highest BCUT2D eigenvalue weighted by atomic mass is 35.5. The van der Waals surface area contributed by atoms with E-state index in [-0.39, 0.29) is 12.5 Å². The van der Waals surface area contributed by atoms with Gasteiger partial charge in [-0.15, -0.1) is 0 Å². The third-order valence-corrected chi connectivity index (χ3v) is 3.48. The molecule has 22 heavy (non-hydrogen) atoms. The lowest BCUT2D eigenvalue weighted by Gasteiger charge is -2.12. The van der Waals surface area contributed by atoms with Crippen LogP contribution in [0.25, 0.3) is 6.08 Å². The van der Waals surface area contributed by atoms with Crippen molar-refractivity contribution in [2.75, 3.05) is 6.54 Å². The maximum atomic E-state index is 11.7. The van der Waals surface area contributed by atoms with Gasteiger partial charge in [-0.3, -0.25) is 4.79 Å². The summed E-state index contributed by atoms with van der Waals surface area (Å²) in [5, 5.41) is 13.5. The molecule has 1 heterocycles. The van der Waals surface area contributed by atoms with Gasteiger partial charge in [-0.1, -0.05) is 47.5 Å². The smallest absolute Gasteiger partial charge is 0.244 e. The van der Waals surface area contributed by atoms with E-state index in [1.54, 1.807) is 48.7 Å². The van der Waals surface area contributed by atoms with Crippen LogP contribution in [-0.4, -0.2) is 22.5 Å². The molecular formula is C16H14Cl2N2O2. The first-order chi connectivity index (χ1) is 10.6. The van der Waals surface area contributed by atoms with E-state index in [2.05, 4.69) is 10.3 Å². The van der Waals surface area contributed by atoms with Gasteiger partial charge in [-0.25, -0.2) is 4.98 Å². The summed E-state index contributed by atoms with van der Waals surface area (Å²) in [6.45, 7) is 0.0752. The number of aliphatic hydroxyl groups is 1. The molecule has 0 spiro atoms. The minimum Gasteiger partial charge on any atom is -0.387 e. The molecule has 0 aliphatic carbocycles. The van der Waals surface area contributed by atoms with E-state index in [1.807, 2.05) is 0 Å². The van der Waals surface area contributed by atoms with Gasteiger partial charge in [0, 0.05) is 29.4 Å². The molecule has 2 N–H and O–H groups in total. The third kappa shape index (κ3) is 4.84. The molecule has 1 amide bonds. The second kappa shape index (κ2) is 7.94. The summed E-state index contributed by atoms with van der Waals surface area (Å²) in [5.74, 6) is -0.318. The number of halogens is 2. The molecule has 0 saturated heterocycles. The number of nitrogens with zero attached hydrogens (tertiary/aromatic N) is 1. The summed E-state index contributed by atoms with van der Waals surface area (Å²) < 4.78 is 0. The summed E-state index contributed by atoms with van der Waals surface area (Å²) >= 11 is 11.7.